The molecule has 0 bridgehead atoms. The van der Waals surface area contributed by atoms with Crippen LogP contribution in [0.4, 0.5) is 0 Å². The standard InChI is InChI=1S/C11H25N3O2S/c1-4-13-17(15,16)14(8-10(2)3)9-11-6-5-7-12-11/h10-13H,4-9H2,1-3H3. The molecule has 5 nitrogen and oxygen atoms in total. The second-order valence-electron chi connectivity index (χ2n) is 5.01. The van der Waals surface area contributed by atoms with Crippen molar-refractivity contribution in [2.45, 2.75) is 39.7 Å². The maximum absolute atomic E-state index is 12.0. The summed E-state index contributed by atoms with van der Waals surface area (Å²) in [6, 6.07) is 0.308. The molecule has 1 aliphatic rings. The molecular weight excluding hydrogens is 238 g/mol. The zero-order valence-electron chi connectivity index (χ0n) is 11.1. The van der Waals surface area contributed by atoms with Crippen LogP contribution in [-0.2, 0) is 10.2 Å². The van der Waals surface area contributed by atoms with E-state index in [9.17, 15) is 8.42 Å². The molecule has 0 saturated carbocycles. The molecule has 2 N–H and O–H groups in total. The van der Waals surface area contributed by atoms with E-state index in [0.717, 1.165) is 19.4 Å². The van der Waals surface area contributed by atoms with Crippen LogP contribution in [0.25, 0.3) is 0 Å². The van der Waals surface area contributed by atoms with Crippen molar-refractivity contribution in [2.75, 3.05) is 26.2 Å². The van der Waals surface area contributed by atoms with Crippen molar-refractivity contribution in [1.29, 1.82) is 0 Å². The average Bonchev–Trinajstić information content (AvgIpc) is 2.68. The van der Waals surface area contributed by atoms with Crippen molar-refractivity contribution >= 4 is 10.2 Å². The normalized spacial score (nSPS) is 21.6. The van der Waals surface area contributed by atoms with Crippen LogP contribution < -0.4 is 10.0 Å². The highest BCUT2D eigenvalue weighted by atomic mass is 32.2. The highest BCUT2D eigenvalue weighted by Gasteiger charge is 2.26. The van der Waals surface area contributed by atoms with Crippen LogP contribution in [-0.4, -0.2) is 44.9 Å². The van der Waals surface area contributed by atoms with E-state index in [1.807, 2.05) is 13.8 Å². The minimum absolute atomic E-state index is 0.308. The Morgan fingerprint density at radius 2 is 2.18 bits per heavy atom. The molecule has 0 radical (unpaired) electrons. The van der Waals surface area contributed by atoms with Crippen molar-refractivity contribution in [3.63, 3.8) is 0 Å². The Morgan fingerprint density at radius 3 is 2.65 bits per heavy atom. The van der Waals surface area contributed by atoms with E-state index >= 15 is 0 Å². The van der Waals surface area contributed by atoms with Crippen molar-refractivity contribution in [3.05, 3.63) is 0 Å². The van der Waals surface area contributed by atoms with E-state index in [1.54, 1.807) is 11.2 Å². The van der Waals surface area contributed by atoms with Crippen LogP contribution in [0, 0.1) is 5.92 Å². The van der Waals surface area contributed by atoms with Gasteiger partial charge in [-0.05, 0) is 25.3 Å². The third-order valence-electron chi connectivity index (χ3n) is 2.82. The summed E-state index contributed by atoms with van der Waals surface area (Å²) in [6.45, 7) is 8.48. The van der Waals surface area contributed by atoms with Gasteiger partial charge in [0.05, 0.1) is 0 Å². The first-order chi connectivity index (χ1) is 7.95. The fraction of sp³-hybridized carbons (Fsp3) is 1.00. The fourth-order valence-electron chi connectivity index (χ4n) is 2.11. The summed E-state index contributed by atoms with van der Waals surface area (Å²) in [7, 11) is -3.31. The van der Waals surface area contributed by atoms with E-state index in [-0.39, 0.29) is 0 Å². The van der Waals surface area contributed by atoms with Gasteiger partial charge in [0, 0.05) is 25.7 Å². The van der Waals surface area contributed by atoms with Gasteiger partial charge in [0.15, 0.2) is 0 Å². The van der Waals surface area contributed by atoms with Gasteiger partial charge in [0.25, 0.3) is 10.2 Å². The van der Waals surface area contributed by atoms with E-state index < -0.39 is 10.2 Å². The molecule has 0 aromatic carbocycles. The van der Waals surface area contributed by atoms with Gasteiger partial charge < -0.3 is 5.32 Å². The fourth-order valence-corrected chi connectivity index (χ4v) is 3.53. The summed E-state index contributed by atoms with van der Waals surface area (Å²) in [5.74, 6) is 0.338. The predicted octanol–water partition coefficient (Wildman–Crippen LogP) is 0.551. The lowest BCUT2D eigenvalue weighted by Gasteiger charge is -2.26. The Morgan fingerprint density at radius 1 is 1.47 bits per heavy atom. The van der Waals surface area contributed by atoms with Crippen LogP contribution in [0.3, 0.4) is 0 Å². The Kier molecular flexibility index (Phi) is 5.85. The number of nitrogens with zero attached hydrogens (tertiary/aromatic N) is 1. The monoisotopic (exact) mass is 263 g/mol. The second-order valence-corrected chi connectivity index (χ2v) is 6.76. The van der Waals surface area contributed by atoms with Crippen LogP contribution in [0.1, 0.15) is 33.6 Å². The molecule has 1 heterocycles. The van der Waals surface area contributed by atoms with Gasteiger partial charge in [-0.1, -0.05) is 20.8 Å². The largest absolute Gasteiger partial charge is 0.313 e. The molecule has 1 fully saturated rings. The Balaban J connectivity index is 2.65. The smallest absolute Gasteiger partial charge is 0.279 e. The van der Waals surface area contributed by atoms with Crippen LogP contribution >= 0.6 is 0 Å². The van der Waals surface area contributed by atoms with Gasteiger partial charge in [-0.2, -0.15) is 12.7 Å². The Labute approximate surface area is 105 Å². The van der Waals surface area contributed by atoms with Crippen LogP contribution in [0.15, 0.2) is 0 Å². The molecule has 0 aromatic heterocycles. The summed E-state index contributed by atoms with van der Waals surface area (Å²) in [6.07, 6.45) is 2.21. The number of hydrogen-bond donors (Lipinski definition) is 2. The molecule has 1 saturated heterocycles. The highest BCUT2D eigenvalue weighted by molar-refractivity contribution is 7.87. The second kappa shape index (κ2) is 6.68. The van der Waals surface area contributed by atoms with Gasteiger partial charge in [0.1, 0.15) is 0 Å². The van der Waals surface area contributed by atoms with Gasteiger partial charge in [-0.15, -0.1) is 0 Å². The van der Waals surface area contributed by atoms with Crippen molar-refractivity contribution < 1.29 is 8.42 Å². The van der Waals surface area contributed by atoms with E-state index in [4.69, 9.17) is 0 Å². The van der Waals surface area contributed by atoms with Crippen molar-refractivity contribution in [2.24, 2.45) is 5.92 Å². The molecular formula is C11H25N3O2S. The van der Waals surface area contributed by atoms with E-state index in [1.165, 1.54) is 0 Å². The molecule has 6 heteroatoms. The van der Waals surface area contributed by atoms with Crippen molar-refractivity contribution in [3.8, 4) is 0 Å². The van der Waals surface area contributed by atoms with E-state index in [0.29, 0.717) is 31.6 Å². The molecule has 0 spiro atoms. The van der Waals surface area contributed by atoms with Gasteiger partial charge in [-0.25, -0.2) is 4.72 Å². The van der Waals surface area contributed by atoms with Crippen LogP contribution in [0.5, 0.6) is 0 Å². The molecule has 1 aliphatic heterocycles. The third kappa shape index (κ3) is 4.91. The summed E-state index contributed by atoms with van der Waals surface area (Å²) < 4.78 is 28.2. The molecule has 0 aromatic rings. The maximum Gasteiger partial charge on any atom is 0.279 e. The number of nitrogens with one attached hydrogen (secondary N) is 2. The predicted molar refractivity (Wildman–Crippen MR) is 70.0 cm³/mol. The lowest BCUT2D eigenvalue weighted by Crippen LogP contribution is -2.47. The van der Waals surface area contributed by atoms with E-state index in [2.05, 4.69) is 10.0 Å². The molecule has 102 valence electrons. The third-order valence-corrected chi connectivity index (χ3v) is 4.45. The average molecular weight is 263 g/mol. The maximum atomic E-state index is 12.0. The first-order valence-corrected chi connectivity index (χ1v) is 7.87. The molecule has 1 atom stereocenters. The van der Waals surface area contributed by atoms with Crippen molar-refractivity contribution in [1.82, 2.24) is 14.3 Å². The topological polar surface area (TPSA) is 61.4 Å². The summed E-state index contributed by atoms with van der Waals surface area (Å²) in [5, 5.41) is 3.34. The molecule has 17 heavy (non-hydrogen) atoms. The summed E-state index contributed by atoms with van der Waals surface area (Å²) >= 11 is 0. The Hall–Kier alpha value is -0.170. The zero-order chi connectivity index (χ0) is 12.9. The number of rotatable bonds is 7. The highest BCUT2D eigenvalue weighted by Crippen LogP contribution is 2.11. The molecule has 1 unspecified atom stereocenters. The Bertz CT molecular complexity index is 311. The van der Waals surface area contributed by atoms with Gasteiger partial charge in [0.2, 0.25) is 0 Å². The molecule has 0 aliphatic carbocycles. The van der Waals surface area contributed by atoms with Crippen LogP contribution in [0.2, 0.25) is 0 Å². The zero-order valence-corrected chi connectivity index (χ0v) is 11.9. The lowest BCUT2D eigenvalue weighted by molar-refractivity contribution is 0.332. The summed E-state index contributed by atoms with van der Waals surface area (Å²) in [5.41, 5.74) is 0. The molecule has 0 amide bonds. The summed E-state index contributed by atoms with van der Waals surface area (Å²) in [4.78, 5) is 0. The lowest BCUT2D eigenvalue weighted by atomic mass is 10.2. The minimum atomic E-state index is -3.31. The van der Waals surface area contributed by atoms with Gasteiger partial charge >= 0.3 is 0 Å². The quantitative estimate of drug-likeness (QED) is 0.705. The minimum Gasteiger partial charge on any atom is -0.313 e. The first kappa shape index (κ1) is 14.9. The first-order valence-electron chi connectivity index (χ1n) is 6.43. The molecule has 1 rings (SSSR count). The van der Waals surface area contributed by atoms with Gasteiger partial charge in [-0.3, -0.25) is 0 Å². The number of hydrogen-bond acceptors (Lipinski definition) is 3. The SMILES string of the molecule is CCNS(=O)(=O)N(CC(C)C)CC1CCCN1.